The average Bonchev–Trinajstić information content (AvgIpc) is 3.74. The summed E-state index contributed by atoms with van der Waals surface area (Å²) in [6.45, 7) is 0. The summed E-state index contributed by atoms with van der Waals surface area (Å²) in [5.74, 6) is -0.590. The zero-order chi connectivity index (χ0) is 35.9. The molecule has 0 unspecified atom stereocenters. The van der Waals surface area contributed by atoms with Crippen LogP contribution < -0.4 is 0 Å². The maximum absolute atomic E-state index is 14.5. The van der Waals surface area contributed by atoms with Gasteiger partial charge in [-0.05, 0) is 117 Å². The van der Waals surface area contributed by atoms with Crippen molar-refractivity contribution in [2.24, 2.45) is 0 Å². The number of halogens is 2. The molecular weight excluding hydrogens is 667 g/mol. The van der Waals surface area contributed by atoms with Gasteiger partial charge in [0.2, 0.25) is 0 Å². The van der Waals surface area contributed by atoms with E-state index in [2.05, 4.69) is 143 Å². The fraction of sp³-hybridized carbons (Fsp3) is 0. The highest BCUT2D eigenvalue weighted by molar-refractivity contribution is 6.23. The fourth-order valence-corrected chi connectivity index (χ4v) is 8.73. The van der Waals surface area contributed by atoms with Crippen molar-refractivity contribution < 1.29 is 8.78 Å². The molecule has 0 spiro atoms. The van der Waals surface area contributed by atoms with Gasteiger partial charge in [-0.25, -0.2) is 8.78 Å². The van der Waals surface area contributed by atoms with E-state index in [0.29, 0.717) is 0 Å². The molecule has 0 aliphatic rings. The van der Waals surface area contributed by atoms with Crippen molar-refractivity contribution in [2.45, 2.75) is 0 Å². The highest BCUT2D eigenvalue weighted by Crippen LogP contribution is 2.46. The molecule has 0 amide bonds. The number of hydrogen-bond acceptors (Lipinski definition) is 0. The first-order valence-electron chi connectivity index (χ1n) is 18.1. The minimum absolute atomic E-state index is 0.295. The van der Waals surface area contributed by atoms with Crippen molar-refractivity contribution in [1.29, 1.82) is 0 Å². The van der Waals surface area contributed by atoms with Crippen molar-refractivity contribution in [3.63, 3.8) is 0 Å². The summed E-state index contributed by atoms with van der Waals surface area (Å²) in [7, 11) is 0. The molecule has 54 heavy (non-hydrogen) atoms. The summed E-state index contributed by atoms with van der Waals surface area (Å²) in [5, 5.41) is 8.98. The SMILES string of the molecule is Fc1ccc(-c2c(-c3ccc(F)cc3)c3ccc(-n4c5ccccc5c5ccccc54)cc3c3cc(-n4c5ccccc5c5ccccc54)ccc23)cc1. The first-order valence-corrected chi connectivity index (χ1v) is 18.1. The van der Waals surface area contributed by atoms with Crippen LogP contribution >= 0.6 is 0 Å². The van der Waals surface area contributed by atoms with Crippen LogP contribution in [-0.2, 0) is 0 Å². The van der Waals surface area contributed by atoms with Gasteiger partial charge >= 0.3 is 0 Å². The molecular formula is C50H30F2N2. The van der Waals surface area contributed by atoms with E-state index < -0.39 is 0 Å². The monoisotopic (exact) mass is 696 g/mol. The van der Waals surface area contributed by atoms with E-state index >= 15 is 0 Å². The predicted molar refractivity (Wildman–Crippen MR) is 221 cm³/mol. The molecule has 2 aromatic heterocycles. The number of hydrogen-bond donors (Lipinski definition) is 0. The summed E-state index contributed by atoms with van der Waals surface area (Å²) in [6, 6.07) is 61.0. The number of fused-ring (bicyclic) bond motifs is 9. The lowest BCUT2D eigenvalue weighted by atomic mass is 9.84. The van der Waals surface area contributed by atoms with Gasteiger partial charge in [0.25, 0.3) is 0 Å². The Morgan fingerprint density at radius 3 is 0.926 bits per heavy atom. The lowest BCUT2D eigenvalue weighted by molar-refractivity contribution is 0.627. The first kappa shape index (κ1) is 30.6. The molecule has 11 rings (SSSR count). The topological polar surface area (TPSA) is 9.86 Å². The van der Waals surface area contributed by atoms with Gasteiger partial charge in [0.15, 0.2) is 0 Å². The highest BCUT2D eigenvalue weighted by Gasteiger charge is 2.21. The molecule has 0 radical (unpaired) electrons. The van der Waals surface area contributed by atoms with Gasteiger partial charge in [-0.3, -0.25) is 0 Å². The van der Waals surface area contributed by atoms with Crippen LogP contribution in [0.5, 0.6) is 0 Å². The average molecular weight is 697 g/mol. The molecule has 4 heteroatoms. The number of para-hydroxylation sites is 4. The molecule has 254 valence electrons. The van der Waals surface area contributed by atoms with Crippen LogP contribution in [0.4, 0.5) is 8.78 Å². The van der Waals surface area contributed by atoms with Crippen LogP contribution in [-0.4, -0.2) is 9.13 Å². The van der Waals surface area contributed by atoms with Crippen molar-refractivity contribution >= 4 is 65.2 Å². The summed E-state index contributed by atoms with van der Waals surface area (Å²) in [5.41, 5.74) is 10.4. The molecule has 2 heterocycles. The van der Waals surface area contributed by atoms with E-state index in [9.17, 15) is 8.78 Å². The van der Waals surface area contributed by atoms with Crippen LogP contribution in [0.15, 0.2) is 182 Å². The number of benzene rings is 9. The second kappa shape index (κ2) is 11.7. The Kier molecular flexibility index (Phi) is 6.65. The lowest BCUT2D eigenvalue weighted by Gasteiger charge is -2.21. The third kappa shape index (κ3) is 4.50. The Labute approximate surface area is 309 Å². The van der Waals surface area contributed by atoms with E-state index in [4.69, 9.17) is 0 Å². The highest BCUT2D eigenvalue weighted by atomic mass is 19.1. The number of nitrogens with zero attached hydrogens (tertiary/aromatic N) is 2. The minimum atomic E-state index is -0.295. The Hall–Kier alpha value is -7.04. The fourth-order valence-electron chi connectivity index (χ4n) is 8.73. The van der Waals surface area contributed by atoms with Crippen LogP contribution in [0.25, 0.3) is 98.8 Å². The van der Waals surface area contributed by atoms with E-state index in [1.165, 1.54) is 45.8 Å². The molecule has 0 atom stereocenters. The molecule has 0 N–H and O–H groups in total. The van der Waals surface area contributed by atoms with Gasteiger partial charge in [-0.2, -0.15) is 0 Å². The first-order chi connectivity index (χ1) is 26.6. The van der Waals surface area contributed by atoms with Crippen LogP contribution in [0.2, 0.25) is 0 Å². The molecule has 2 nitrogen and oxygen atoms in total. The molecule has 0 saturated carbocycles. The Bertz CT molecular complexity index is 2950. The van der Waals surface area contributed by atoms with Crippen molar-refractivity contribution in [3.05, 3.63) is 194 Å². The van der Waals surface area contributed by atoms with Crippen LogP contribution in [0.3, 0.4) is 0 Å². The molecule has 0 saturated heterocycles. The Morgan fingerprint density at radius 2 is 0.593 bits per heavy atom. The van der Waals surface area contributed by atoms with E-state index in [0.717, 1.165) is 77.2 Å². The number of rotatable bonds is 4. The van der Waals surface area contributed by atoms with Crippen LogP contribution in [0, 0.1) is 11.6 Å². The van der Waals surface area contributed by atoms with Gasteiger partial charge in [0.1, 0.15) is 11.6 Å². The van der Waals surface area contributed by atoms with Gasteiger partial charge in [-0.15, -0.1) is 0 Å². The second-order valence-corrected chi connectivity index (χ2v) is 14.0. The van der Waals surface area contributed by atoms with Crippen molar-refractivity contribution in [3.8, 4) is 33.6 Å². The summed E-state index contributed by atoms with van der Waals surface area (Å²) in [6.07, 6.45) is 0. The maximum atomic E-state index is 14.5. The second-order valence-electron chi connectivity index (χ2n) is 14.0. The zero-order valence-corrected chi connectivity index (χ0v) is 29.0. The molecule has 0 aliphatic heterocycles. The molecule has 0 fully saturated rings. The van der Waals surface area contributed by atoms with E-state index in [1.807, 2.05) is 24.3 Å². The van der Waals surface area contributed by atoms with Gasteiger partial charge < -0.3 is 9.13 Å². The Balaban J connectivity index is 1.30. The van der Waals surface area contributed by atoms with Gasteiger partial charge in [0, 0.05) is 32.9 Å². The predicted octanol–water partition coefficient (Wildman–Crippen LogP) is 13.8. The molecule has 0 bridgehead atoms. The molecule has 11 aromatic rings. The summed E-state index contributed by atoms with van der Waals surface area (Å²) < 4.78 is 33.6. The Morgan fingerprint density at radius 1 is 0.278 bits per heavy atom. The normalized spacial score (nSPS) is 11.9. The van der Waals surface area contributed by atoms with Gasteiger partial charge in [0.05, 0.1) is 22.1 Å². The largest absolute Gasteiger partial charge is 0.309 e. The molecule has 0 aliphatic carbocycles. The van der Waals surface area contributed by atoms with E-state index in [1.54, 1.807) is 0 Å². The third-order valence-corrected chi connectivity index (χ3v) is 11.0. The quantitative estimate of drug-likeness (QED) is 0.162. The third-order valence-electron chi connectivity index (χ3n) is 11.0. The van der Waals surface area contributed by atoms with Crippen LogP contribution in [0.1, 0.15) is 0 Å². The molecule has 9 aromatic carbocycles. The summed E-state index contributed by atoms with van der Waals surface area (Å²) in [4.78, 5) is 0. The van der Waals surface area contributed by atoms with Crippen molar-refractivity contribution in [2.75, 3.05) is 0 Å². The summed E-state index contributed by atoms with van der Waals surface area (Å²) >= 11 is 0. The number of aromatic nitrogens is 2. The standard InChI is InChI=1S/C50H30F2N2/c51-33-21-17-31(18-22-33)49-41-27-25-35(53-45-13-5-1-9-37(45)38-10-2-6-14-46(38)53)29-43(41)44-30-36(26-28-42(44)50(49)32-19-23-34(52)24-20-32)54-47-15-7-3-11-39(47)40-12-4-8-16-48(40)54/h1-30H. The van der Waals surface area contributed by atoms with Crippen molar-refractivity contribution in [1.82, 2.24) is 9.13 Å². The minimum Gasteiger partial charge on any atom is -0.309 e. The smallest absolute Gasteiger partial charge is 0.123 e. The zero-order valence-electron chi connectivity index (χ0n) is 29.0. The maximum Gasteiger partial charge on any atom is 0.123 e. The lowest BCUT2D eigenvalue weighted by Crippen LogP contribution is -1.98. The van der Waals surface area contributed by atoms with Gasteiger partial charge in [-0.1, -0.05) is 109 Å². The van der Waals surface area contributed by atoms with E-state index in [-0.39, 0.29) is 11.6 Å².